The first-order valence-corrected chi connectivity index (χ1v) is 10.2. The first kappa shape index (κ1) is 18.0. The fourth-order valence-corrected chi connectivity index (χ4v) is 3.82. The molecule has 2 aliphatic rings. The molecule has 3 heterocycles. The minimum Gasteiger partial charge on any atom is -0.321 e. The first-order chi connectivity index (χ1) is 14.2. The second-order valence-corrected chi connectivity index (χ2v) is 7.80. The monoisotopic (exact) mass is 392 g/mol. The average Bonchev–Trinajstić information content (AvgIpc) is 3.34. The molecule has 9 heteroatoms. The van der Waals surface area contributed by atoms with Crippen molar-refractivity contribution in [2.75, 3.05) is 18.4 Å². The Hall–Kier alpha value is -3.07. The third-order valence-corrected chi connectivity index (χ3v) is 5.64. The standard InChI is InChI=1S/C20H24N8O/c1-12-17(24-27-28(12)16-7-9-21-10-8-16)20(29)22-15-4-2-3-14(11-15)19-23-18(25-26-19)13-5-6-13/h2-4,11,13,16,21H,5-10H2,1H3,(H,22,29)(H,23,25,26). The number of anilines is 1. The van der Waals surface area contributed by atoms with E-state index in [1.165, 1.54) is 12.8 Å². The van der Waals surface area contributed by atoms with Gasteiger partial charge in [0, 0.05) is 17.2 Å². The largest absolute Gasteiger partial charge is 0.321 e. The van der Waals surface area contributed by atoms with Gasteiger partial charge in [-0.2, -0.15) is 5.10 Å². The Morgan fingerprint density at radius 1 is 1.21 bits per heavy atom. The normalized spacial score (nSPS) is 17.4. The van der Waals surface area contributed by atoms with Crippen LogP contribution in [-0.4, -0.2) is 49.2 Å². The van der Waals surface area contributed by atoms with Crippen LogP contribution in [0, 0.1) is 6.92 Å². The highest BCUT2D eigenvalue weighted by molar-refractivity contribution is 6.03. The van der Waals surface area contributed by atoms with E-state index in [1.807, 2.05) is 35.9 Å². The minimum atomic E-state index is -0.256. The van der Waals surface area contributed by atoms with Crippen LogP contribution in [0.15, 0.2) is 24.3 Å². The van der Waals surface area contributed by atoms with Crippen molar-refractivity contribution in [1.29, 1.82) is 0 Å². The smallest absolute Gasteiger partial charge is 0.278 e. The van der Waals surface area contributed by atoms with Crippen molar-refractivity contribution in [2.24, 2.45) is 0 Å². The fraction of sp³-hybridized carbons (Fsp3) is 0.450. The van der Waals surface area contributed by atoms with Gasteiger partial charge in [0.2, 0.25) is 0 Å². The minimum absolute atomic E-state index is 0.256. The van der Waals surface area contributed by atoms with Crippen LogP contribution in [0.25, 0.3) is 11.4 Å². The molecule has 2 aromatic heterocycles. The van der Waals surface area contributed by atoms with Gasteiger partial charge in [0.25, 0.3) is 5.91 Å². The number of rotatable bonds is 5. The van der Waals surface area contributed by atoms with E-state index in [9.17, 15) is 4.79 Å². The number of H-pyrrole nitrogens is 1. The zero-order valence-electron chi connectivity index (χ0n) is 16.4. The first-order valence-electron chi connectivity index (χ1n) is 10.2. The number of carbonyl (C=O) groups is 1. The number of aromatic amines is 1. The van der Waals surface area contributed by atoms with Crippen molar-refractivity contribution in [1.82, 2.24) is 35.5 Å². The molecule has 3 aromatic rings. The Morgan fingerprint density at radius 2 is 2.03 bits per heavy atom. The van der Waals surface area contributed by atoms with Crippen LogP contribution >= 0.6 is 0 Å². The maximum atomic E-state index is 12.8. The summed E-state index contributed by atoms with van der Waals surface area (Å²) in [7, 11) is 0. The number of aromatic nitrogens is 6. The van der Waals surface area contributed by atoms with Crippen molar-refractivity contribution in [3.8, 4) is 11.4 Å². The van der Waals surface area contributed by atoms with Crippen molar-refractivity contribution in [3.63, 3.8) is 0 Å². The van der Waals surface area contributed by atoms with Gasteiger partial charge in [-0.15, -0.1) is 5.10 Å². The summed E-state index contributed by atoms with van der Waals surface area (Å²) in [6, 6.07) is 7.84. The summed E-state index contributed by atoms with van der Waals surface area (Å²) in [4.78, 5) is 17.4. The van der Waals surface area contributed by atoms with E-state index >= 15 is 0 Å². The molecule has 3 N–H and O–H groups in total. The number of amides is 1. The molecule has 5 rings (SSSR count). The van der Waals surface area contributed by atoms with Gasteiger partial charge in [-0.25, -0.2) is 9.67 Å². The molecule has 150 valence electrons. The van der Waals surface area contributed by atoms with E-state index in [4.69, 9.17) is 0 Å². The molecule has 1 aromatic carbocycles. The number of carbonyl (C=O) groups excluding carboxylic acids is 1. The molecular weight excluding hydrogens is 368 g/mol. The van der Waals surface area contributed by atoms with Gasteiger partial charge in [0.15, 0.2) is 11.5 Å². The van der Waals surface area contributed by atoms with Gasteiger partial charge in [-0.3, -0.25) is 9.89 Å². The quantitative estimate of drug-likeness (QED) is 0.615. The molecule has 0 spiro atoms. The highest BCUT2D eigenvalue weighted by atomic mass is 16.2. The lowest BCUT2D eigenvalue weighted by molar-refractivity contribution is 0.102. The molecule has 0 unspecified atom stereocenters. The zero-order chi connectivity index (χ0) is 19.8. The summed E-state index contributed by atoms with van der Waals surface area (Å²) >= 11 is 0. The maximum Gasteiger partial charge on any atom is 0.278 e. The molecule has 1 aliphatic carbocycles. The average molecular weight is 392 g/mol. The van der Waals surface area contributed by atoms with E-state index in [1.54, 1.807) is 0 Å². The molecule has 1 aliphatic heterocycles. The Bertz CT molecular complexity index is 1030. The number of benzene rings is 1. The zero-order valence-corrected chi connectivity index (χ0v) is 16.4. The van der Waals surface area contributed by atoms with Crippen LogP contribution in [0.5, 0.6) is 0 Å². The second kappa shape index (κ2) is 7.40. The third-order valence-electron chi connectivity index (χ3n) is 5.64. The van der Waals surface area contributed by atoms with Crippen molar-refractivity contribution in [3.05, 3.63) is 41.5 Å². The summed E-state index contributed by atoms with van der Waals surface area (Å²) in [5.74, 6) is 1.86. The number of hydrogen-bond donors (Lipinski definition) is 3. The summed E-state index contributed by atoms with van der Waals surface area (Å²) < 4.78 is 1.89. The number of piperidine rings is 1. The molecule has 0 atom stereocenters. The Labute approximate surface area is 168 Å². The lowest BCUT2D eigenvalue weighted by atomic mass is 10.1. The third kappa shape index (κ3) is 3.65. The van der Waals surface area contributed by atoms with Crippen molar-refractivity contribution in [2.45, 2.75) is 44.6 Å². The number of nitrogens with one attached hydrogen (secondary N) is 3. The van der Waals surface area contributed by atoms with Crippen LogP contribution in [0.4, 0.5) is 5.69 Å². The van der Waals surface area contributed by atoms with E-state index in [0.29, 0.717) is 29.2 Å². The molecule has 29 heavy (non-hydrogen) atoms. The van der Waals surface area contributed by atoms with Crippen LogP contribution < -0.4 is 10.6 Å². The van der Waals surface area contributed by atoms with Crippen LogP contribution in [0.1, 0.15) is 59.6 Å². The van der Waals surface area contributed by atoms with Gasteiger partial charge in [-0.1, -0.05) is 17.3 Å². The molecule has 1 saturated heterocycles. The molecular formula is C20H24N8O. The van der Waals surface area contributed by atoms with Gasteiger partial charge in [0.1, 0.15) is 5.82 Å². The molecule has 9 nitrogen and oxygen atoms in total. The summed E-state index contributed by atoms with van der Waals surface area (Å²) in [5.41, 5.74) is 2.71. The molecule has 2 fully saturated rings. The Balaban J connectivity index is 1.32. The Kier molecular flexibility index (Phi) is 4.59. The summed E-state index contributed by atoms with van der Waals surface area (Å²) in [5, 5.41) is 22.0. The van der Waals surface area contributed by atoms with E-state index < -0.39 is 0 Å². The van der Waals surface area contributed by atoms with E-state index in [2.05, 4.69) is 36.1 Å². The summed E-state index contributed by atoms with van der Waals surface area (Å²) in [6.45, 7) is 3.82. The predicted octanol–water partition coefficient (Wildman–Crippen LogP) is 2.43. The van der Waals surface area contributed by atoms with Crippen molar-refractivity contribution >= 4 is 11.6 Å². The SMILES string of the molecule is Cc1c(C(=O)Nc2cccc(-c3n[nH]c(C4CC4)n3)c2)nnn1C1CCNCC1. The highest BCUT2D eigenvalue weighted by Gasteiger charge is 2.27. The van der Waals surface area contributed by atoms with Crippen LogP contribution in [-0.2, 0) is 0 Å². The van der Waals surface area contributed by atoms with Crippen LogP contribution in [0.2, 0.25) is 0 Å². The highest BCUT2D eigenvalue weighted by Crippen LogP contribution is 2.38. The summed E-state index contributed by atoms with van der Waals surface area (Å²) in [6.07, 6.45) is 4.32. The van der Waals surface area contributed by atoms with E-state index in [0.717, 1.165) is 43.0 Å². The second-order valence-electron chi connectivity index (χ2n) is 7.80. The van der Waals surface area contributed by atoms with Gasteiger partial charge >= 0.3 is 0 Å². The van der Waals surface area contributed by atoms with Gasteiger partial charge in [-0.05, 0) is 57.8 Å². The van der Waals surface area contributed by atoms with Crippen molar-refractivity contribution < 1.29 is 4.79 Å². The molecule has 0 bridgehead atoms. The van der Waals surface area contributed by atoms with Gasteiger partial charge in [0.05, 0.1) is 11.7 Å². The lowest BCUT2D eigenvalue weighted by Gasteiger charge is -2.23. The maximum absolute atomic E-state index is 12.8. The lowest BCUT2D eigenvalue weighted by Crippen LogP contribution is -2.30. The van der Waals surface area contributed by atoms with E-state index in [-0.39, 0.29) is 5.91 Å². The molecule has 0 radical (unpaired) electrons. The fourth-order valence-electron chi connectivity index (χ4n) is 3.82. The number of nitrogens with zero attached hydrogens (tertiary/aromatic N) is 5. The Morgan fingerprint density at radius 3 is 2.83 bits per heavy atom. The molecule has 1 amide bonds. The predicted molar refractivity (Wildman–Crippen MR) is 108 cm³/mol. The topological polar surface area (TPSA) is 113 Å². The molecule has 1 saturated carbocycles. The van der Waals surface area contributed by atoms with Crippen LogP contribution in [0.3, 0.4) is 0 Å². The number of hydrogen-bond acceptors (Lipinski definition) is 6. The van der Waals surface area contributed by atoms with Gasteiger partial charge < -0.3 is 10.6 Å².